The van der Waals surface area contributed by atoms with Crippen LogP contribution in [0, 0.1) is 5.41 Å². The van der Waals surface area contributed by atoms with Gasteiger partial charge in [0.25, 0.3) is 0 Å². The highest BCUT2D eigenvalue weighted by Crippen LogP contribution is 2.34. The number of anilines is 2. The van der Waals surface area contributed by atoms with Crippen LogP contribution in [0.15, 0.2) is 48.5 Å². The summed E-state index contributed by atoms with van der Waals surface area (Å²) < 4.78 is 0. The molecule has 1 saturated carbocycles. The average Bonchev–Trinajstić information content (AvgIpc) is 2.63. The largest absolute Gasteiger partial charge is 0.388 e. The molecular formula is C20H25N3. The SMILES string of the molecule is CNc1ccc(NC2CCC(c3ccccc3)CC2)cc1C=N. The van der Waals surface area contributed by atoms with Crippen molar-refractivity contribution in [1.29, 1.82) is 5.41 Å². The Morgan fingerprint density at radius 1 is 1.00 bits per heavy atom. The van der Waals surface area contributed by atoms with Crippen LogP contribution in [0.5, 0.6) is 0 Å². The molecule has 0 saturated heterocycles. The molecule has 0 amide bonds. The molecule has 1 aliphatic carbocycles. The van der Waals surface area contributed by atoms with Crippen molar-refractivity contribution in [2.45, 2.75) is 37.6 Å². The Balaban J connectivity index is 1.59. The first-order chi connectivity index (χ1) is 11.3. The van der Waals surface area contributed by atoms with Gasteiger partial charge in [-0.1, -0.05) is 30.3 Å². The molecule has 0 unspecified atom stereocenters. The number of nitrogens with one attached hydrogen (secondary N) is 3. The van der Waals surface area contributed by atoms with Gasteiger partial charge in [0.1, 0.15) is 0 Å². The summed E-state index contributed by atoms with van der Waals surface area (Å²) in [5.74, 6) is 0.707. The number of hydrogen-bond donors (Lipinski definition) is 3. The first-order valence-electron chi connectivity index (χ1n) is 8.44. The van der Waals surface area contributed by atoms with Crippen molar-refractivity contribution in [3.8, 4) is 0 Å². The first kappa shape index (κ1) is 15.6. The molecule has 2 aromatic carbocycles. The molecule has 0 atom stereocenters. The Hall–Kier alpha value is -2.29. The molecule has 0 aromatic heterocycles. The third-order valence-electron chi connectivity index (χ3n) is 4.85. The molecule has 120 valence electrons. The average molecular weight is 307 g/mol. The zero-order valence-corrected chi connectivity index (χ0v) is 13.7. The summed E-state index contributed by atoms with van der Waals surface area (Å²) in [6.45, 7) is 0. The molecule has 1 fully saturated rings. The lowest BCUT2D eigenvalue weighted by Gasteiger charge is -2.30. The summed E-state index contributed by atoms with van der Waals surface area (Å²) in [6.07, 6.45) is 6.30. The van der Waals surface area contributed by atoms with E-state index in [2.05, 4.69) is 53.1 Å². The van der Waals surface area contributed by atoms with Gasteiger partial charge in [-0.25, -0.2) is 0 Å². The van der Waals surface area contributed by atoms with Crippen molar-refractivity contribution < 1.29 is 0 Å². The van der Waals surface area contributed by atoms with Crippen LogP contribution in [0.1, 0.15) is 42.7 Å². The summed E-state index contributed by atoms with van der Waals surface area (Å²) in [5, 5.41) is 14.3. The Morgan fingerprint density at radius 2 is 1.74 bits per heavy atom. The molecule has 2 aromatic rings. The molecule has 0 heterocycles. The van der Waals surface area contributed by atoms with E-state index in [0.29, 0.717) is 12.0 Å². The molecule has 0 spiro atoms. The minimum absolute atomic E-state index is 0.536. The fourth-order valence-electron chi connectivity index (χ4n) is 3.53. The van der Waals surface area contributed by atoms with Crippen LogP contribution in [-0.2, 0) is 0 Å². The van der Waals surface area contributed by atoms with Gasteiger partial charge in [-0.15, -0.1) is 0 Å². The van der Waals surface area contributed by atoms with Gasteiger partial charge in [-0.2, -0.15) is 0 Å². The standard InChI is InChI=1S/C20H25N3/c1-22-20-12-11-19(13-17(20)14-21)23-18-9-7-16(8-10-18)15-5-3-2-4-6-15/h2-6,11-14,16,18,21-23H,7-10H2,1H3. The predicted octanol–water partition coefficient (Wildman–Crippen LogP) is 4.86. The molecule has 0 radical (unpaired) electrons. The zero-order valence-electron chi connectivity index (χ0n) is 13.7. The summed E-state index contributed by atoms with van der Waals surface area (Å²) in [4.78, 5) is 0. The lowest BCUT2D eigenvalue weighted by molar-refractivity contribution is 0.412. The Morgan fingerprint density at radius 3 is 2.39 bits per heavy atom. The van der Waals surface area contributed by atoms with E-state index >= 15 is 0 Å². The van der Waals surface area contributed by atoms with Crippen molar-refractivity contribution >= 4 is 17.6 Å². The van der Waals surface area contributed by atoms with E-state index in [9.17, 15) is 0 Å². The smallest absolute Gasteiger partial charge is 0.0428 e. The summed E-state index contributed by atoms with van der Waals surface area (Å²) in [7, 11) is 1.89. The van der Waals surface area contributed by atoms with Gasteiger partial charge in [0.15, 0.2) is 0 Å². The van der Waals surface area contributed by atoms with Gasteiger partial charge < -0.3 is 16.0 Å². The van der Waals surface area contributed by atoms with Crippen LogP contribution in [0.4, 0.5) is 11.4 Å². The summed E-state index contributed by atoms with van der Waals surface area (Å²) in [5.41, 5.74) is 4.52. The molecule has 23 heavy (non-hydrogen) atoms. The molecule has 3 heteroatoms. The highest BCUT2D eigenvalue weighted by Gasteiger charge is 2.22. The van der Waals surface area contributed by atoms with Crippen LogP contribution >= 0.6 is 0 Å². The van der Waals surface area contributed by atoms with Crippen LogP contribution in [0.2, 0.25) is 0 Å². The van der Waals surface area contributed by atoms with E-state index in [1.54, 1.807) is 0 Å². The van der Waals surface area contributed by atoms with Crippen LogP contribution in [-0.4, -0.2) is 19.3 Å². The normalized spacial score (nSPS) is 20.7. The Bertz CT molecular complexity index is 643. The van der Waals surface area contributed by atoms with Gasteiger partial charge in [0.2, 0.25) is 0 Å². The van der Waals surface area contributed by atoms with Crippen LogP contribution in [0.3, 0.4) is 0 Å². The first-order valence-corrected chi connectivity index (χ1v) is 8.44. The summed E-state index contributed by atoms with van der Waals surface area (Å²) >= 11 is 0. The second kappa shape index (κ2) is 7.32. The second-order valence-corrected chi connectivity index (χ2v) is 6.30. The minimum Gasteiger partial charge on any atom is -0.388 e. The predicted molar refractivity (Wildman–Crippen MR) is 98.9 cm³/mol. The quantitative estimate of drug-likeness (QED) is 0.691. The zero-order chi connectivity index (χ0) is 16.1. The monoisotopic (exact) mass is 307 g/mol. The topological polar surface area (TPSA) is 47.9 Å². The van der Waals surface area contributed by atoms with Gasteiger partial charge in [0, 0.05) is 36.2 Å². The van der Waals surface area contributed by atoms with E-state index in [0.717, 1.165) is 16.9 Å². The van der Waals surface area contributed by atoms with Crippen molar-refractivity contribution in [3.05, 3.63) is 59.7 Å². The Labute approximate surface area is 138 Å². The van der Waals surface area contributed by atoms with Crippen LogP contribution in [0.25, 0.3) is 0 Å². The fourth-order valence-corrected chi connectivity index (χ4v) is 3.53. The van der Waals surface area contributed by atoms with E-state index < -0.39 is 0 Å². The lowest BCUT2D eigenvalue weighted by atomic mass is 9.81. The van der Waals surface area contributed by atoms with Crippen molar-refractivity contribution in [2.24, 2.45) is 0 Å². The third-order valence-corrected chi connectivity index (χ3v) is 4.85. The van der Waals surface area contributed by atoms with Gasteiger partial charge >= 0.3 is 0 Å². The van der Waals surface area contributed by atoms with E-state index in [4.69, 9.17) is 5.41 Å². The molecule has 0 aliphatic heterocycles. The van der Waals surface area contributed by atoms with E-state index in [1.165, 1.54) is 37.5 Å². The lowest BCUT2D eigenvalue weighted by Crippen LogP contribution is -2.25. The number of hydrogen-bond acceptors (Lipinski definition) is 3. The molecule has 0 bridgehead atoms. The van der Waals surface area contributed by atoms with Crippen molar-refractivity contribution in [3.63, 3.8) is 0 Å². The van der Waals surface area contributed by atoms with Crippen LogP contribution < -0.4 is 10.6 Å². The maximum Gasteiger partial charge on any atom is 0.0428 e. The maximum atomic E-state index is 7.53. The van der Waals surface area contributed by atoms with E-state index in [1.807, 2.05) is 13.1 Å². The molecule has 1 aliphatic rings. The molecule has 3 rings (SSSR count). The highest BCUT2D eigenvalue weighted by molar-refractivity contribution is 5.87. The van der Waals surface area contributed by atoms with Gasteiger partial charge in [0.05, 0.1) is 0 Å². The van der Waals surface area contributed by atoms with Crippen molar-refractivity contribution in [2.75, 3.05) is 17.7 Å². The summed E-state index contributed by atoms with van der Waals surface area (Å²) in [6, 6.07) is 17.6. The third kappa shape index (κ3) is 3.73. The van der Waals surface area contributed by atoms with Crippen molar-refractivity contribution in [1.82, 2.24) is 0 Å². The molecule has 3 N–H and O–H groups in total. The molecular weight excluding hydrogens is 282 g/mol. The molecule has 3 nitrogen and oxygen atoms in total. The van der Waals surface area contributed by atoms with Gasteiger partial charge in [-0.05, 0) is 55.4 Å². The van der Waals surface area contributed by atoms with E-state index in [-0.39, 0.29) is 0 Å². The maximum absolute atomic E-state index is 7.53. The number of rotatable bonds is 5. The van der Waals surface area contributed by atoms with Gasteiger partial charge in [-0.3, -0.25) is 0 Å². The minimum atomic E-state index is 0.536. The Kier molecular flexibility index (Phi) is 4.96. The second-order valence-electron chi connectivity index (χ2n) is 6.30. The number of benzene rings is 2. The highest BCUT2D eigenvalue weighted by atomic mass is 14.9. The fraction of sp³-hybridized carbons (Fsp3) is 0.350.